The first-order valence-corrected chi connectivity index (χ1v) is 8.17. The molecule has 5 nitrogen and oxygen atoms in total. The van der Waals surface area contributed by atoms with Crippen molar-refractivity contribution < 1.29 is 19.7 Å². The highest BCUT2D eigenvalue weighted by Crippen LogP contribution is 2.28. The maximum absolute atomic E-state index is 12.4. The quantitative estimate of drug-likeness (QED) is 0.898. The molecule has 1 fully saturated rings. The van der Waals surface area contributed by atoms with Gasteiger partial charge >= 0.3 is 6.09 Å². The van der Waals surface area contributed by atoms with Crippen LogP contribution in [0.15, 0.2) is 30.3 Å². The molecule has 1 aromatic carbocycles. The summed E-state index contributed by atoms with van der Waals surface area (Å²) in [7, 11) is 0. The van der Waals surface area contributed by atoms with E-state index in [2.05, 4.69) is 0 Å². The molecule has 0 saturated carbocycles. The highest BCUT2D eigenvalue weighted by molar-refractivity contribution is 5.68. The average Bonchev–Trinajstić information content (AvgIpc) is 2.48. The lowest BCUT2D eigenvalue weighted by Crippen LogP contribution is -2.50. The summed E-state index contributed by atoms with van der Waals surface area (Å²) in [4.78, 5) is 14.0. The number of amides is 1. The lowest BCUT2D eigenvalue weighted by molar-refractivity contribution is -0.0214. The topological polar surface area (TPSA) is 70.0 Å². The Morgan fingerprint density at radius 2 is 1.96 bits per heavy atom. The van der Waals surface area contributed by atoms with Gasteiger partial charge in [0.25, 0.3) is 0 Å². The largest absolute Gasteiger partial charge is 0.444 e. The van der Waals surface area contributed by atoms with Crippen LogP contribution in [0, 0.1) is 0 Å². The number of benzene rings is 1. The molecule has 1 heterocycles. The van der Waals surface area contributed by atoms with Crippen molar-refractivity contribution in [3.8, 4) is 0 Å². The highest BCUT2D eigenvalue weighted by atomic mass is 16.6. The van der Waals surface area contributed by atoms with Crippen molar-refractivity contribution in [2.75, 3.05) is 6.54 Å². The van der Waals surface area contributed by atoms with Crippen molar-refractivity contribution in [2.24, 2.45) is 0 Å². The number of rotatable bonds is 3. The Bertz CT molecular complexity index is 512. The smallest absolute Gasteiger partial charge is 0.410 e. The first-order valence-electron chi connectivity index (χ1n) is 8.17. The van der Waals surface area contributed by atoms with Crippen molar-refractivity contribution in [3.63, 3.8) is 0 Å². The molecule has 0 aromatic heterocycles. The first kappa shape index (κ1) is 17.8. The van der Waals surface area contributed by atoms with Crippen LogP contribution in [0.1, 0.15) is 51.7 Å². The molecule has 0 radical (unpaired) electrons. The molecular formula is C18H27NO4. The zero-order chi connectivity index (χ0) is 17.0. The summed E-state index contributed by atoms with van der Waals surface area (Å²) in [6, 6.07) is 9.29. The first-order chi connectivity index (χ1) is 10.8. The van der Waals surface area contributed by atoms with E-state index in [1.807, 2.05) is 51.1 Å². The fraction of sp³-hybridized carbons (Fsp3) is 0.611. The third-order valence-corrected chi connectivity index (χ3v) is 3.99. The highest BCUT2D eigenvalue weighted by Gasteiger charge is 2.34. The summed E-state index contributed by atoms with van der Waals surface area (Å²) in [6.07, 6.45) is 0.127. The molecule has 1 saturated heterocycles. The van der Waals surface area contributed by atoms with E-state index in [9.17, 15) is 15.0 Å². The van der Waals surface area contributed by atoms with Gasteiger partial charge in [0.05, 0.1) is 18.8 Å². The number of hydrogen-bond donors (Lipinski definition) is 2. The summed E-state index contributed by atoms with van der Waals surface area (Å²) in [5, 5.41) is 20.3. The molecule has 2 N–H and O–H groups in total. The Labute approximate surface area is 137 Å². The van der Waals surface area contributed by atoms with Gasteiger partial charge in [-0.1, -0.05) is 30.3 Å². The normalized spacial score (nSPS) is 23.4. The molecule has 23 heavy (non-hydrogen) atoms. The molecule has 1 aliphatic rings. The Kier molecular flexibility index (Phi) is 5.65. The molecule has 1 aromatic rings. The Hall–Kier alpha value is -1.59. The Morgan fingerprint density at radius 1 is 1.30 bits per heavy atom. The molecule has 1 amide bonds. The van der Waals surface area contributed by atoms with E-state index in [1.54, 1.807) is 4.90 Å². The van der Waals surface area contributed by atoms with Crippen molar-refractivity contribution in [1.29, 1.82) is 0 Å². The number of carbonyl (C=O) groups is 1. The SMILES string of the molecule is CC(C)(C)OC(=O)N1C[C@@H](O)CC[C@H]1C[C@H](O)c1ccccc1. The van der Waals surface area contributed by atoms with Gasteiger partial charge in [0.15, 0.2) is 0 Å². The number of likely N-dealkylation sites (tertiary alicyclic amines) is 1. The zero-order valence-corrected chi connectivity index (χ0v) is 14.1. The second-order valence-corrected chi connectivity index (χ2v) is 7.18. The van der Waals surface area contributed by atoms with E-state index in [0.29, 0.717) is 19.3 Å². The standard InChI is InChI=1S/C18H27NO4/c1-18(2,3)23-17(22)19-12-15(20)10-9-14(19)11-16(21)13-7-5-4-6-8-13/h4-8,14-16,20-21H,9-12H2,1-3H3/t14-,15-,16-/m0/s1. The summed E-state index contributed by atoms with van der Waals surface area (Å²) < 4.78 is 5.44. The Morgan fingerprint density at radius 3 is 2.57 bits per heavy atom. The van der Waals surface area contributed by atoms with Gasteiger partial charge in [-0.05, 0) is 45.6 Å². The van der Waals surface area contributed by atoms with Crippen LogP contribution in [0.4, 0.5) is 4.79 Å². The van der Waals surface area contributed by atoms with Crippen LogP contribution in [0.3, 0.4) is 0 Å². The van der Waals surface area contributed by atoms with Gasteiger partial charge in [-0.25, -0.2) is 4.79 Å². The second kappa shape index (κ2) is 7.32. The number of ether oxygens (including phenoxy) is 1. The van der Waals surface area contributed by atoms with Gasteiger partial charge in [0.2, 0.25) is 0 Å². The number of piperidine rings is 1. The van der Waals surface area contributed by atoms with Gasteiger partial charge in [-0.15, -0.1) is 0 Å². The maximum atomic E-state index is 12.4. The number of carbonyl (C=O) groups excluding carboxylic acids is 1. The van der Waals surface area contributed by atoms with Gasteiger partial charge in [0.1, 0.15) is 5.60 Å². The monoisotopic (exact) mass is 321 g/mol. The average molecular weight is 321 g/mol. The minimum Gasteiger partial charge on any atom is -0.444 e. The maximum Gasteiger partial charge on any atom is 0.410 e. The molecule has 0 unspecified atom stereocenters. The molecular weight excluding hydrogens is 294 g/mol. The van der Waals surface area contributed by atoms with Gasteiger partial charge in [-0.2, -0.15) is 0 Å². The predicted molar refractivity (Wildman–Crippen MR) is 88.0 cm³/mol. The molecule has 1 aliphatic heterocycles. The second-order valence-electron chi connectivity index (χ2n) is 7.18. The zero-order valence-electron chi connectivity index (χ0n) is 14.1. The lowest BCUT2D eigenvalue weighted by Gasteiger charge is -2.39. The van der Waals surface area contributed by atoms with E-state index in [4.69, 9.17) is 4.74 Å². The predicted octanol–water partition coefficient (Wildman–Crippen LogP) is 2.87. The van der Waals surface area contributed by atoms with Crippen LogP contribution in [-0.2, 0) is 4.74 Å². The molecule has 3 atom stereocenters. The van der Waals surface area contributed by atoms with Gasteiger partial charge in [-0.3, -0.25) is 0 Å². The summed E-state index contributed by atoms with van der Waals surface area (Å²) >= 11 is 0. The van der Waals surface area contributed by atoms with Crippen LogP contribution in [-0.4, -0.2) is 45.5 Å². The van der Waals surface area contributed by atoms with Crippen molar-refractivity contribution in [2.45, 2.75) is 63.9 Å². The fourth-order valence-electron chi connectivity index (χ4n) is 2.87. The lowest BCUT2D eigenvalue weighted by atomic mass is 9.93. The molecule has 5 heteroatoms. The minimum atomic E-state index is -0.638. The van der Waals surface area contributed by atoms with E-state index < -0.39 is 23.9 Å². The third kappa shape index (κ3) is 5.22. The van der Waals surface area contributed by atoms with Crippen molar-refractivity contribution >= 4 is 6.09 Å². The summed E-state index contributed by atoms with van der Waals surface area (Å²) in [5.74, 6) is 0. The summed E-state index contributed by atoms with van der Waals surface area (Å²) in [6.45, 7) is 5.71. The molecule has 128 valence electrons. The fourth-order valence-corrected chi connectivity index (χ4v) is 2.87. The molecule has 0 bridgehead atoms. The minimum absolute atomic E-state index is 0.136. The van der Waals surface area contributed by atoms with E-state index >= 15 is 0 Å². The number of β-amino-alcohol motifs (C(OH)–C–C–N with tert-alkyl or cyclic N) is 1. The number of nitrogens with zero attached hydrogens (tertiary/aromatic N) is 1. The van der Waals surface area contributed by atoms with Crippen molar-refractivity contribution in [3.05, 3.63) is 35.9 Å². The third-order valence-electron chi connectivity index (χ3n) is 3.99. The van der Waals surface area contributed by atoms with E-state index in [1.165, 1.54) is 0 Å². The van der Waals surface area contributed by atoms with Crippen LogP contribution >= 0.6 is 0 Å². The van der Waals surface area contributed by atoms with Crippen LogP contribution < -0.4 is 0 Å². The van der Waals surface area contributed by atoms with Crippen LogP contribution in [0.25, 0.3) is 0 Å². The number of hydrogen-bond acceptors (Lipinski definition) is 4. The number of aliphatic hydroxyl groups is 2. The number of aliphatic hydroxyl groups excluding tert-OH is 2. The summed E-state index contributed by atoms with van der Waals surface area (Å²) in [5.41, 5.74) is 0.255. The van der Waals surface area contributed by atoms with Crippen LogP contribution in [0.5, 0.6) is 0 Å². The van der Waals surface area contributed by atoms with E-state index in [-0.39, 0.29) is 12.6 Å². The molecule has 0 spiro atoms. The van der Waals surface area contributed by atoms with Crippen molar-refractivity contribution in [1.82, 2.24) is 4.90 Å². The van der Waals surface area contributed by atoms with E-state index in [0.717, 1.165) is 5.56 Å². The molecule has 2 rings (SSSR count). The molecule has 0 aliphatic carbocycles. The van der Waals surface area contributed by atoms with Gasteiger partial charge in [0, 0.05) is 6.04 Å². The van der Waals surface area contributed by atoms with Gasteiger partial charge < -0.3 is 19.8 Å². The Balaban J connectivity index is 2.06. The van der Waals surface area contributed by atoms with Crippen LogP contribution in [0.2, 0.25) is 0 Å².